The molecule has 6 aromatic rings. The van der Waals surface area contributed by atoms with E-state index in [1.54, 1.807) is 18.3 Å². The van der Waals surface area contributed by atoms with Crippen LogP contribution in [0.4, 0.5) is 14.5 Å². The van der Waals surface area contributed by atoms with Crippen LogP contribution in [0, 0.1) is 11.6 Å². The van der Waals surface area contributed by atoms with Crippen molar-refractivity contribution < 1.29 is 26.4 Å². The van der Waals surface area contributed by atoms with Crippen molar-refractivity contribution in [2.24, 2.45) is 0 Å². The van der Waals surface area contributed by atoms with Crippen molar-refractivity contribution in [1.29, 1.82) is 0 Å². The predicted molar refractivity (Wildman–Crippen MR) is 175 cm³/mol. The number of hydrogen-bond donors (Lipinski definition) is 2. The molecule has 0 bridgehead atoms. The zero-order valence-corrected chi connectivity index (χ0v) is 26.4. The molecule has 11 heteroatoms. The summed E-state index contributed by atoms with van der Waals surface area (Å²) in [5.74, 6) is -1.15. The van der Waals surface area contributed by atoms with E-state index >= 15 is 0 Å². The van der Waals surface area contributed by atoms with E-state index in [9.17, 15) is 22.0 Å². The van der Waals surface area contributed by atoms with Crippen LogP contribution >= 0.6 is 0 Å². The number of anilines is 1. The Morgan fingerprint density at radius 1 is 1.02 bits per heavy atom. The topological polar surface area (TPSA) is 106 Å². The number of nitrogens with one attached hydrogen (secondary N) is 2. The Hall–Kier alpha value is -5.03. The van der Waals surface area contributed by atoms with Crippen molar-refractivity contribution in [3.8, 4) is 33.8 Å². The van der Waals surface area contributed by atoms with Crippen LogP contribution in [0.25, 0.3) is 55.7 Å². The average molecular weight is 641 g/mol. The number of pyridine rings is 1. The van der Waals surface area contributed by atoms with Crippen LogP contribution in [0.3, 0.4) is 0 Å². The number of hydrogen-bond acceptors (Lipinski definition) is 5. The number of furan rings is 1. The summed E-state index contributed by atoms with van der Waals surface area (Å²) in [5, 5.41) is 3.58. The normalized spacial score (nSPS) is 13.9. The fourth-order valence-corrected chi connectivity index (χ4v) is 7.08. The van der Waals surface area contributed by atoms with E-state index in [0.29, 0.717) is 34.0 Å². The van der Waals surface area contributed by atoms with Gasteiger partial charge in [-0.25, -0.2) is 17.2 Å². The third-order valence-electron chi connectivity index (χ3n) is 8.59. The van der Waals surface area contributed by atoms with E-state index in [1.807, 2.05) is 18.2 Å². The van der Waals surface area contributed by atoms with Crippen LogP contribution in [0.15, 0.2) is 77.3 Å². The van der Waals surface area contributed by atoms with Gasteiger partial charge >= 0.3 is 0 Å². The van der Waals surface area contributed by atoms with Gasteiger partial charge in [0, 0.05) is 52.3 Å². The Balaban J connectivity index is 1.49. The molecule has 0 aliphatic carbocycles. The molecule has 1 aliphatic rings. The Morgan fingerprint density at radius 3 is 2.50 bits per heavy atom. The van der Waals surface area contributed by atoms with Crippen molar-refractivity contribution in [1.82, 2.24) is 14.9 Å². The summed E-state index contributed by atoms with van der Waals surface area (Å²) < 4.78 is 65.4. The third kappa shape index (κ3) is 4.73. The minimum Gasteiger partial charge on any atom is -0.455 e. The van der Waals surface area contributed by atoms with Crippen LogP contribution in [0.2, 0.25) is 0 Å². The lowest BCUT2D eigenvalue weighted by Crippen LogP contribution is -2.33. The molecule has 0 unspecified atom stereocenters. The zero-order chi connectivity index (χ0) is 32.5. The second-order valence-corrected chi connectivity index (χ2v) is 14.1. The minimum atomic E-state index is -3.74. The van der Waals surface area contributed by atoms with Crippen molar-refractivity contribution in [3.05, 3.63) is 95.7 Å². The van der Waals surface area contributed by atoms with Crippen LogP contribution in [-0.2, 0) is 22.0 Å². The number of benzene rings is 3. The van der Waals surface area contributed by atoms with Gasteiger partial charge in [-0.3, -0.25) is 14.5 Å². The van der Waals surface area contributed by atoms with E-state index in [0.717, 1.165) is 22.3 Å². The predicted octanol–water partition coefficient (Wildman–Crippen LogP) is 7.47. The smallest absolute Gasteiger partial charge is 0.255 e. The first-order valence-electron chi connectivity index (χ1n) is 14.8. The van der Waals surface area contributed by atoms with Gasteiger partial charge in [0.1, 0.15) is 23.0 Å². The monoisotopic (exact) mass is 640 g/mol. The molecule has 0 atom stereocenters. The first-order valence-corrected chi connectivity index (χ1v) is 16.4. The number of halogens is 2. The SMILES string of the molecule is CCS(=O)(=O)Nc1cc2oc(-c3ccc(F)cc3)c(C(=O)NC)c2cc1-c1cc2c(cn1)CC(C)(C)n1c-2cc2c(F)cccc21. The summed E-state index contributed by atoms with van der Waals surface area (Å²) in [5.41, 5.74) is 5.07. The van der Waals surface area contributed by atoms with E-state index in [2.05, 4.69) is 28.5 Å². The molecule has 46 heavy (non-hydrogen) atoms. The van der Waals surface area contributed by atoms with Gasteiger partial charge < -0.3 is 14.3 Å². The minimum absolute atomic E-state index is 0.175. The number of carbonyl (C=O) groups excluding carboxylic acids is 1. The summed E-state index contributed by atoms with van der Waals surface area (Å²) in [7, 11) is -2.25. The summed E-state index contributed by atoms with van der Waals surface area (Å²) in [6.07, 6.45) is 2.41. The number of amides is 1. The Labute approximate surface area is 264 Å². The van der Waals surface area contributed by atoms with Gasteiger partial charge in [-0.2, -0.15) is 0 Å². The second kappa shape index (κ2) is 10.5. The Bertz CT molecular complexity index is 2320. The molecular weight excluding hydrogens is 610 g/mol. The Morgan fingerprint density at radius 2 is 1.78 bits per heavy atom. The van der Waals surface area contributed by atoms with Gasteiger partial charge in [0.25, 0.3) is 5.91 Å². The summed E-state index contributed by atoms with van der Waals surface area (Å²) in [4.78, 5) is 18.0. The van der Waals surface area contributed by atoms with E-state index in [-0.39, 0.29) is 39.7 Å². The van der Waals surface area contributed by atoms with Crippen molar-refractivity contribution in [2.75, 3.05) is 17.5 Å². The van der Waals surface area contributed by atoms with Gasteiger partial charge in [0.2, 0.25) is 10.0 Å². The van der Waals surface area contributed by atoms with Crippen molar-refractivity contribution in [3.63, 3.8) is 0 Å². The highest BCUT2D eigenvalue weighted by Gasteiger charge is 2.33. The molecule has 1 aliphatic heterocycles. The lowest BCUT2D eigenvalue weighted by atomic mass is 9.86. The van der Waals surface area contributed by atoms with E-state index in [4.69, 9.17) is 9.40 Å². The third-order valence-corrected chi connectivity index (χ3v) is 9.88. The summed E-state index contributed by atoms with van der Waals surface area (Å²) >= 11 is 0. The fraction of sp³-hybridized carbons (Fsp3) is 0.200. The molecule has 0 fully saturated rings. The largest absolute Gasteiger partial charge is 0.455 e. The summed E-state index contributed by atoms with van der Waals surface area (Å²) in [6, 6.07) is 17.5. The van der Waals surface area contributed by atoms with Crippen molar-refractivity contribution in [2.45, 2.75) is 32.7 Å². The summed E-state index contributed by atoms with van der Waals surface area (Å²) in [6.45, 7) is 5.73. The fourth-order valence-electron chi connectivity index (χ4n) is 6.43. The van der Waals surface area contributed by atoms with Crippen LogP contribution in [0.1, 0.15) is 36.7 Å². The van der Waals surface area contributed by atoms with Gasteiger partial charge in [-0.05, 0) is 87.4 Å². The maximum absolute atomic E-state index is 15.0. The quantitative estimate of drug-likeness (QED) is 0.196. The van der Waals surface area contributed by atoms with Crippen LogP contribution < -0.4 is 10.0 Å². The highest BCUT2D eigenvalue weighted by atomic mass is 32.2. The maximum atomic E-state index is 15.0. The average Bonchev–Trinajstić information content (AvgIpc) is 3.61. The number of nitrogens with zero attached hydrogens (tertiary/aromatic N) is 2. The molecule has 0 spiro atoms. The molecule has 0 radical (unpaired) electrons. The Kier molecular flexibility index (Phi) is 6.78. The molecule has 7 rings (SSSR count). The van der Waals surface area contributed by atoms with Gasteiger partial charge in [0.15, 0.2) is 0 Å². The number of sulfonamides is 1. The van der Waals surface area contributed by atoms with E-state index in [1.165, 1.54) is 50.4 Å². The second-order valence-electron chi connectivity index (χ2n) is 12.0. The highest BCUT2D eigenvalue weighted by Crippen LogP contribution is 2.45. The van der Waals surface area contributed by atoms with E-state index < -0.39 is 21.7 Å². The molecule has 1 amide bonds. The molecule has 234 valence electrons. The molecule has 3 aromatic carbocycles. The lowest BCUT2D eigenvalue weighted by molar-refractivity contribution is 0.0964. The number of aromatic nitrogens is 2. The lowest BCUT2D eigenvalue weighted by Gasteiger charge is -2.36. The molecule has 4 heterocycles. The van der Waals surface area contributed by atoms with Gasteiger partial charge in [-0.15, -0.1) is 0 Å². The molecular formula is C35H30F2N4O4S. The first kappa shape index (κ1) is 29.7. The highest BCUT2D eigenvalue weighted by molar-refractivity contribution is 7.92. The number of fused-ring (bicyclic) bond motifs is 6. The van der Waals surface area contributed by atoms with Crippen LogP contribution in [-0.4, -0.2) is 36.7 Å². The molecule has 2 N–H and O–H groups in total. The standard InChI is InChI=1S/C35H30F2N4O4S/c1-5-46(43,44)40-28-16-31-25(32(34(42)38-4)33(45-31)19-9-11-21(36)12-10-19)13-24(28)27-14-22-20(18-39-27)17-35(2,3)41-29-8-6-7-26(37)23(29)15-30(22)41/h6-16,18,40H,5,17H2,1-4H3,(H,38,42). The zero-order valence-electron chi connectivity index (χ0n) is 25.5. The van der Waals surface area contributed by atoms with Crippen LogP contribution in [0.5, 0.6) is 0 Å². The van der Waals surface area contributed by atoms with Gasteiger partial charge in [0.05, 0.1) is 33.9 Å². The first-order chi connectivity index (χ1) is 21.9. The molecule has 0 saturated heterocycles. The molecule has 0 saturated carbocycles. The van der Waals surface area contributed by atoms with Crippen molar-refractivity contribution >= 4 is 43.5 Å². The number of rotatable bonds is 6. The number of carbonyl (C=O) groups is 1. The maximum Gasteiger partial charge on any atom is 0.255 e. The van der Waals surface area contributed by atoms with Gasteiger partial charge in [-0.1, -0.05) is 6.07 Å². The molecule has 3 aromatic heterocycles. The molecule has 8 nitrogen and oxygen atoms in total.